The largest absolute Gasteiger partial charge is 0.507 e. The molecule has 2 aliphatic carbocycles. The number of hydrogen-bond donors (Lipinski definition) is 2. The van der Waals surface area contributed by atoms with Crippen LogP contribution in [0.4, 0.5) is 5.69 Å². The standard InChI is InChI=1S/C81H140N2O5/c1-9-17-25-33-37-45-53-67(49-41-29-21-13-5)63-82(64-68(50-42-30-22-14-6)54-46-38-34-26-18-10-2)71-57-59-73(75(84)61-71)77-79(86)78(81(88)80(77)87)74-60-58-72(62-76(74)85)83(65-69(51-43-31-23-15-7)55-47-39-35-27-19-11-3)66-70(52-44-32-24-16-8)56-48-40-36-28-20-12-4/h57-62,67-70,84,86H,9-56,63-66H2,1-8H3/b78-74+. The summed E-state index contributed by atoms with van der Waals surface area (Å²) >= 11 is 0. The summed E-state index contributed by atoms with van der Waals surface area (Å²) < 4.78 is 0. The smallest absolute Gasteiger partial charge is 0.238 e. The van der Waals surface area contributed by atoms with E-state index in [4.69, 9.17) is 0 Å². The fourth-order valence-corrected chi connectivity index (χ4v) is 14.3. The van der Waals surface area contributed by atoms with E-state index in [0.717, 1.165) is 37.6 Å². The van der Waals surface area contributed by atoms with Crippen LogP contribution >= 0.6 is 0 Å². The number of unbranched alkanes of at least 4 members (excludes halogenated alkanes) is 32. The predicted molar refractivity (Wildman–Crippen MR) is 382 cm³/mol. The Morgan fingerprint density at radius 2 is 0.625 bits per heavy atom. The summed E-state index contributed by atoms with van der Waals surface area (Å²) in [6.07, 6.45) is 65.5. The highest BCUT2D eigenvalue weighted by Crippen LogP contribution is 2.41. The van der Waals surface area contributed by atoms with E-state index in [1.807, 2.05) is 12.1 Å². The third-order valence-electron chi connectivity index (χ3n) is 20.0. The molecule has 0 amide bonds. The van der Waals surface area contributed by atoms with Crippen molar-refractivity contribution in [3.8, 4) is 5.75 Å². The zero-order valence-corrected chi connectivity index (χ0v) is 59.1. The lowest BCUT2D eigenvalue weighted by Gasteiger charge is -2.35. The van der Waals surface area contributed by atoms with Crippen LogP contribution in [0.1, 0.15) is 369 Å². The molecule has 88 heavy (non-hydrogen) atoms. The maximum atomic E-state index is 14.7. The molecule has 3 rings (SSSR count). The number of nitrogens with zero attached hydrogens (tertiary/aromatic N) is 2. The minimum Gasteiger partial charge on any atom is -0.507 e. The summed E-state index contributed by atoms with van der Waals surface area (Å²) in [7, 11) is 0. The number of aliphatic hydroxyl groups excluding tert-OH is 1. The topological polar surface area (TPSA) is 98.2 Å². The minimum absolute atomic E-state index is 0.0499. The van der Waals surface area contributed by atoms with Gasteiger partial charge < -0.3 is 20.0 Å². The first-order valence-corrected chi connectivity index (χ1v) is 38.6. The number of hydrogen-bond acceptors (Lipinski definition) is 7. The zero-order valence-electron chi connectivity index (χ0n) is 59.1. The second-order valence-corrected chi connectivity index (χ2v) is 28.0. The maximum Gasteiger partial charge on any atom is 0.238 e. The number of anilines is 1. The lowest BCUT2D eigenvalue weighted by molar-refractivity contribution is -0.130. The number of rotatable bonds is 59. The fourth-order valence-electron chi connectivity index (χ4n) is 14.3. The third-order valence-corrected chi connectivity index (χ3v) is 20.0. The van der Waals surface area contributed by atoms with Crippen molar-refractivity contribution in [2.45, 2.75) is 364 Å². The number of aromatic hydroxyl groups is 1. The van der Waals surface area contributed by atoms with Gasteiger partial charge in [-0.3, -0.25) is 14.4 Å². The normalized spacial score (nSPS) is 15.9. The summed E-state index contributed by atoms with van der Waals surface area (Å²) in [4.78, 5) is 48.4. The van der Waals surface area contributed by atoms with E-state index in [-0.39, 0.29) is 33.8 Å². The van der Waals surface area contributed by atoms with Gasteiger partial charge in [-0.25, -0.2) is 0 Å². The molecule has 2 aliphatic rings. The van der Waals surface area contributed by atoms with E-state index in [1.54, 1.807) is 24.3 Å². The molecule has 1 aromatic carbocycles. The van der Waals surface area contributed by atoms with Crippen LogP contribution in [0, 0.1) is 23.7 Å². The summed E-state index contributed by atoms with van der Waals surface area (Å²) in [5.74, 6) is -0.673. The maximum absolute atomic E-state index is 14.7. The molecule has 0 aliphatic heterocycles. The second kappa shape index (κ2) is 51.0. The molecule has 0 saturated heterocycles. The van der Waals surface area contributed by atoms with Gasteiger partial charge in [-0.15, -0.1) is 0 Å². The van der Waals surface area contributed by atoms with Crippen LogP contribution in [-0.2, 0) is 14.4 Å². The van der Waals surface area contributed by atoms with E-state index in [2.05, 4.69) is 65.2 Å². The van der Waals surface area contributed by atoms with Gasteiger partial charge in [0, 0.05) is 60.8 Å². The lowest BCUT2D eigenvalue weighted by atomic mass is 9.90. The average Bonchev–Trinajstić information content (AvgIpc) is 1.74. The number of ketones is 3. The van der Waals surface area contributed by atoms with Gasteiger partial charge in [0.2, 0.25) is 11.6 Å². The average molecular weight is 1220 g/mol. The summed E-state index contributed by atoms with van der Waals surface area (Å²) in [5.41, 5.74) is 1.54. The Morgan fingerprint density at radius 3 is 0.932 bits per heavy atom. The number of carbonyl (C=O) groups is 3. The van der Waals surface area contributed by atoms with Gasteiger partial charge in [-0.05, 0) is 99.3 Å². The van der Waals surface area contributed by atoms with Gasteiger partial charge >= 0.3 is 0 Å². The van der Waals surface area contributed by atoms with Crippen LogP contribution in [0.5, 0.6) is 5.75 Å². The van der Waals surface area contributed by atoms with Gasteiger partial charge in [0.15, 0.2) is 5.78 Å². The number of carbonyl (C=O) groups excluding carboxylic acids is 3. The van der Waals surface area contributed by atoms with Crippen molar-refractivity contribution in [2.24, 2.45) is 23.7 Å². The Labute approximate surface area is 544 Å². The Bertz CT molecular complexity index is 2050. The molecule has 504 valence electrons. The van der Waals surface area contributed by atoms with Crippen molar-refractivity contribution in [1.29, 1.82) is 0 Å². The Balaban J connectivity index is 2.10. The number of phenolic OH excluding ortho intramolecular Hbond substituents is 1. The van der Waals surface area contributed by atoms with Crippen LogP contribution in [0.15, 0.2) is 59.0 Å². The molecule has 1 aromatic rings. The first-order valence-electron chi connectivity index (χ1n) is 38.6. The molecule has 2 N–H and O–H groups in total. The highest BCUT2D eigenvalue weighted by Gasteiger charge is 2.41. The van der Waals surface area contributed by atoms with Crippen LogP contribution in [0.25, 0.3) is 5.57 Å². The van der Waals surface area contributed by atoms with Crippen LogP contribution in [0.2, 0.25) is 0 Å². The predicted octanol–water partition coefficient (Wildman–Crippen LogP) is 24.6. The van der Waals surface area contributed by atoms with Gasteiger partial charge in [0.25, 0.3) is 0 Å². The number of aliphatic hydroxyl groups is 1. The SMILES string of the molecule is CCCCCCCCC(CCCCCC)CN(CC(CCCCCC)CCCCCCCC)C1=CC(=O)/C(=C2/C(=O)C(=O)C(c3ccc(N(CC(CCCCCC)CCCCCCCC)CC(CCCCCC)CCCCCCCC)cc3O)=C2O)C=C1. The third kappa shape index (κ3) is 32.1. The van der Waals surface area contributed by atoms with E-state index >= 15 is 0 Å². The lowest BCUT2D eigenvalue weighted by Crippen LogP contribution is -2.34. The second-order valence-electron chi connectivity index (χ2n) is 28.0. The molecule has 0 radical (unpaired) electrons. The molecule has 0 heterocycles. The Hall–Kier alpha value is -3.61. The van der Waals surface area contributed by atoms with Crippen molar-refractivity contribution in [3.05, 3.63) is 64.6 Å². The van der Waals surface area contributed by atoms with E-state index in [0.29, 0.717) is 23.7 Å². The van der Waals surface area contributed by atoms with Gasteiger partial charge in [-0.1, -0.05) is 312 Å². The molecular weight excluding hydrogens is 1080 g/mol. The molecular formula is C81H140N2O5. The summed E-state index contributed by atoms with van der Waals surface area (Å²) in [5, 5.41) is 24.4. The van der Waals surface area contributed by atoms with E-state index < -0.39 is 17.3 Å². The van der Waals surface area contributed by atoms with Gasteiger partial charge in [-0.2, -0.15) is 0 Å². The molecule has 7 nitrogen and oxygen atoms in total. The zero-order chi connectivity index (χ0) is 63.8. The van der Waals surface area contributed by atoms with Crippen LogP contribution < -0.4 is 4.90 Å². The molecule has 0 spiro atoms. The molecule has 7 heteroatoms. The van der Waals surface area contributed by atoms with Crippen molar-refractivity contribution >= 4 is 28.6 Å². The summed E-state index contributed by atoms with van der Waals surface area (Å²) in [6, 6.07) is 5.55. The van der Waals surface area contributed by atoms with Crippen LogP contribution in [-0.4, -0.2) is 58.6 Å². The first kappa shape index (κ1) is 78.6. The monoisotopic (exact) mass is 1220 g/mol. The fraction of sp³-hybridized carbons (Fsp3) is 0.790. The molecule has 0 bridgehead atoms. The van der Waals surface area contributed by atoms with Crippen molar-refractivity contribution in [2.75, 3.05) is 31.1 Å². The highest BCUT2D eigenvalue weighted by molar-refractivity contribution is 6.63. The molecule has 0 saturated carbocycles. The van der Waals surface area contributed by atoms with E-state index in [1.165, 1.54) is 308 Å². The first-order chi connectivity index (χ1) is 43.0. The molecule has 0 fully saturated rings. The minimum atomic E-state index is -0.891. The number of phenols is 1. The van der Waals surface area contributed by atoms with Crippen LogP contribution in [0.3, 0.4) is 0 Å². The van der Waals surface area contributed by atoms with Gasteiger partial charge in [0.05, 0.1) is 11.1 Å². The van der Waals surface area contributed by atoms with Crippen molar-refractivity contribution in [3.63, 3.8) is 0 Å². The number of Topliss-reactive ketones (excluding diaryl/α,β-unsaturated/α-hetero) is 2. The Kier molecular flexibility index (Phi) is 45.5. The molecule has 4 unspecified atom stereocenters. The van der Waals surface area contributed by atoms with E-state index in [9.17, 15) is 24.6 Å². The number of allylic oxidation sites excluding steroid dienone is 6. The van der Waals surface area contributed by atoms with Gasteiger partial charge in [0.1, 0.15) is 11.5 Å². The summed E-state index contributed by atoms with van der Waals surface area (Å²) in [6.45, 7) is 21.9. The number of benzene rings is 1. The quantitative estimate of drug-likeness (QED) is 0.0381. The molecule has 4 atom stereocenters. The van der Waals surface area contributed by atoms with Crippen molar-refractivity contribution in [1.82, 2.24) is 4.90 Å². The Morgan fingerprint density at radius 1 is 0.341 bits per heavy atom. The highest BCUT2D eigenvalue weighted by atomic mass is 16.3. The van der Waals surface area contributed by atoms with Crippen molar-refractivity contribution < 1.29 is 24.6 Å². The molecule has 0 aromatic heterocycles.